The summed E-state index contributed by atoms with van der Waals surface area (Å²) in [6.07, 6.45) is 0. The number of rotatable bonds is 5. The minimum absolute atomic E-state index is 0.0297. The zero-order valence-corrected chi connectivity index (χ0v) is 16.4. The van der Waals surface area contributed by atoms with Gasteiger partial charge in [-0.3, -0.25) is 14.3 Å². The average molecular weight is 400 g/mol. The van der Waals surface area contributed by atoms with E-state index in [-0.39, 0.29) is 16.7 Å². The second kappa shape index (κ2) is 7.35. The van der Waals surface area contributed by atoms with Crippen LogP contribution < -0.4 is 15.4 Å². The van der Waals surface area contributed by atoms with Crippen LogP contribution >= 0.6 is 0 Å². The molecule has 1 aromatic heterocycles. The first-order valence-electron chi connectivity index (χ1n) is 8.45. The number of fused-ring (bicyclic) bond motifs is 1. The van der Waals surface area contributed by atoms with E-state index in [1.807, 2.05) is 0 Å². The number of aryl methyl sites for hydroxylation is 1. The van der Waals surface area contributed by atoms with E-state index in [0.717, 1.165) is 5.56 Å². The topological polar surface area (TPSA) is 120 Å². The maximum Gasteiger partial charge on any atom is 0.267 e. The van der Waals surface area contributed by atoms with Gasteiger partial charge in [-0.15, -0.1) is 0 Å². The number of H-pyrrole nitrogens is 1. The lowest BCUT2D eigenvalue weighted by Crippen LogP contribution is -2.17. The molecule has 1 heterocycles. The number of nitrogens with one attached hydrogen (secondary N) is 4. The fraction of sp³-hybridized carbons (Fsp3) is 0.158. The Labute approximate surface area is 162 Å². The van der Waals surface area contributed by atoms with Gasteiger partial charge in [-0.2, -0.15) is 0 Å². The summed E-state index contributed by atoms with van der Waals surface area (Å²) in [5.41, 5.74) is 2.65. The number of amides is 2. The summed E-state index contributed by atoms with van der Waals surface area (Å²) in [5.74, 6) is -0.543. The lowest BCUT2D eigenvalue weighted by atomic mass is 10.2. The molecule has 0 aliphatic carbocycles. The average Bonchev–Trinajstić information content (AvgIpc) is 3.05. The Bertz CT molecular complexity index is 1180. The Kier molecular flexibility index (Phi) is 5.10. The van der Waals surface area contributed by atoms with Gasteiger partial charge in [-0.05, 0) is 48.9 Å². The first-order chi connectivity index (χ1) is 13.2. The first kappa shape index (κ1) is 19.4. The van der Waals surface area contributed by atoms with Crippen LogP contribution in [0.5, 0.6) is 0 Å². The van der Waals surface area contributed by atoms with Crippen LogP contribution in [0.4, 0.5) is 11.4 Å². The Hall–Kier alpha value is -3.33. The van der Waals surface area contributed by atoms with Crippen molar-refractivity contribution in [3.63, 3.8) is 0 Å². The molecule has 0 spiro atoms. The minimum Gasteiger partial charge on any atom is -0.354 e. The van der Waals surface area contributed by atoms with Crippen LogP contribution in [0.2, 0.25) is 0 Å². The maximum atomic E-state index is 12.8. The second-order valence-electron chi connectivity index (χ2n) is 6.33. The molecule has 3 aromatic rings. The standard InChI is InChI=1S/C19H20N4O4S/c1-11-4-6-15(10-17(11)21-12(2)24)28(26,27)23-14-5-7-16-13(8-14)9-18(22-16)19(25)20-3/h4-10,22-23H,1-3H3,(H,20,25)(H,21,24). The predicted molar refractivity (Wildman–Crippen MR) is 108 cm³/mol. The normalized spacial score (nSPS) is 11.2. The van der Waals surface area contributed by atoms with Gasteiger partial charge in [-0.1, -0.05) is 6.07 Å². The number of carbonyl (C=O) groups is 2. The van der Waals surface area contributed by atoms with E-state index in [1.165, 1.54) is 26.1 Å². The molecule has 4 N–H and O–H groups in total. The molecule has 0 aliphatic rings. The van der Waals surface area contributed by atoms with Gasteiger partial charge in [0.25, 0.3) is 15.9 Å². The minimum atomic E-state index is -3.86. The highest BCUT2D eigenvalue weighted by Crippen LogP contribution is 2.25. The molecule has 0 bridgehead atoms. The number of aromatic nitrogens is 1. The van der Waals surface area contributed by atoms with Crippen molar-refractivity contribution in [1.29, 1.82) is 0 Å². The van der Waals surface area contributed by atoms with Crippen molar-refractivity contribution in [2.75, 3.05) is 17.1 Å². The highest BCUT2D eigenvalue weighted by Gasteiger charge is 2.17. The van der Waals surface area contributed by atoms with E-state index >= 15 is 0 Å². The third-order valence-corrected chi connectivity index (χ3v) is 5.55. The molecule has 0 aliphatic heterocycles. The van der Waals surface area contributed by atoms with Crippen molar-refractivity contribution in [3.05, 3.63) is 53.7 Å². The number of sulfonamides is 1. The van der Waals surface area contributed by atoms with Gasteiger partial charge < -0.3 is 15.6 Å². The molecule has 2 amide bonds. The van der Waals surface area contributed by atoms with Crippen LogP contribution in [0.1, 0.15) is 23.0 Å². The number of carbonyl (C=O) groups excluding carboxylic acids is 2. The number of hydrogen-bond acceptors (Lipinski definition) is 4. The molecule has 9 heteroatoms. The van der Waals surface area contributed by atoms with E-state index in [4.69, 9.17) is 0 Å². The smallest absolute Gasteiger partial charge is 0.267 e. The van der Waals surface area contributed by atoms with E-state index in [1.54, 1.807) is 37.3 Å². The number of benzene rings is 2. The molecule has 3 rings (SSSR count). The van der Waals surface area contributed by atoms with Crippen LogP contribution in [-0.4, -0.2) is 32.3 Å². The zero-order valence-electron chi connectivity index (χ0n) is 15.6. The Morgan fingerprint density at radius 3 is 2.46 bits per heavy atom. The van der Waals surface area contributed by atoms with Gasteiger partial charge >= 0.3 is 0 Å². The summed E-state index contributed by atoms with van der Waals surface area (Å²) in [6, 6.07) is 11.1. The van der Waals surface area contributed by atoms with E-state index < -0.39 is 10.0 Å². The SMILES string of the molecule is CNC(=O)c1cc2cc(NS(=O)(=O)c3ccc(C)c(NC(C)=O)c3)ccc2[nH]1. The highest BCUT2D eigenvalue weighted by molar-refractivity contribution is 7.92. The molecule has 0 fully saturated rings. The molecule has 2 aromatic carbocycles. The third-order valence-electron chi connectivity index (χ3n) is 4.17. The van der Waals surface area contributed by atoms with E-state index in [0.29, 0.717) is 28.0 Å². The van der Waals surface area contributed by atoms with Crippen LogP contribution in [0.25, 0.3) is 10.9 Å². The molecule has 0 atom stereocenters. The third kappa shape index (κ3) is 3.99. The second-order valence-corrected chi connectivity index (χ2v) is 8.01. The molecule has 0 saturated carbocycles. The largest absolute Gasteiger partial charge is 0.354 e. The van der Waals surface area contributed by atoms with Crippen molar-refractivity contribution >= 4 is 44.1 Å². The monoisotopic (exact) mass is 400 g/mol. The lowest BCUT2D eigenvalue weighted by Gasteiger charge is -2.12. The van der Waals surface area contributed by atoms with Crippen molar-refractivity contribution < 1.29 is 18.0 Å². The zero-order chi connectivity index (χ0) is 20.5. The quantitative estimate of drug-likeness (QED) is 0.526. The Morgan fingerprint density at radius 2 is 1.79 bits per heavy atom. The summed E-state index contributed by atoms with van der Waals surface area (Å²) >= 11 is 0. The van der Waals surface area contributed by atoms with E-state index in [9.17, 15) is 18.0 Å². The van der Waals surface area contributed by atoms with Gasteiger partial charge in [0.2, 0.25) is 5.91 Å². The molecule has 146 valence electrons. The van der Waals surface area contributed by atoms with Gasteiger partial charge in [0, 0.05) is 36.2 Å². The van der Waals surface area contributed by atoms with E-state index in [2.05, 4.69) is 20.3 Å². The summed E-state index contributed by atoms with van der Waals surface area (Å²) in [6.45, 7) is 3.14. The first-order valence-corrected chi connectivity index (χ1v) is 9.94. The molecule has 8 nitrogen and oxygen atoms in total. The van der Waals surface area contributed by atoms with Crippen LogP contribution in [0, 0.1) is 6.92 Å². The number of hydrogen-bond donors (Lipinski definition) is 4. The lowest BCUT2D eigenvalue weighted by molar-refractivity contribution is -0.114. The Balaban J connectivity index is 1.91. The maximum absolute atomic E-state index is 12.8. The number of aromatic amines is 1. The van der Waals surface area contributed by atoms with Crippen LogP contribution in [0.3, 0.4) is 0 Å². The summed E-state index contributed by atoms with van der Waals surface area (Å²) in [5, 5.41) is 5.84. The van der Waals surface area contributed by atoms with Crippen molar-refractivity contribution in [1.82, 2.24) is 10.3 Å². The van der Waals surface area contributed by atoms with Crippen LogP contribution in [0.15, 0.2) is 47.4 Å². The van der Waals surface area contributed by atoms with Gasteiger partial charge in [0.1, 0.15) is 5.69 Å². The van der Waals surface area contributed by atoms with Crippen molar-refractivity contribution in [2.24, 2.45) is 0 Å². The predicted octanol–water partition coefficient (Wildman–Crippen LogP) is 2.60. The fourth-order valence-corrected chi connectivity index (χ4v) is 3.84. The molecule has 28 heavy (non-hydrogen) atoms. The van der Waals surface area contributed by atoms with Crippen molar-refractivity contribution in [3.8, 4) is 0 Å². The molecular formula is C19H20N4O4S. The summed E-state index contributed by atoms with van der Waals surface area (Å²) < 4.78 is 28.0. The summed E-state index contributed by atoms with van der Waals surface area (Å²) in [7, 11) is -2.33. The molecule has 0 unspecified atom stereocenters. The van der Waals surface area contributed by atoms with Crippen LogP contribution in [-0.2, 0) is 14.8 Å². The van der Waals surface area contributed by atoms with Crippen molar-refractivity contribution in [2.45, 2.75) is 18.7 Å². The molecule has 0 radical (unpaired) electrons. The molecular weight excluding hydrogens is 380 g/mol. The van der Waals surface area contributed by atoms with Gasteiger partial charge in [0.15, 0.2) is 0 Å². The number of anilines is 2. The molecule has 0 saturated heterocycles. The Morgan fingerprint density at radius 1 is 1.04 bits per heavy atom. The van der Waals surface area contributed by atoms with Gasteiger partial charge in [-0.25, -0.2) is 8.42 Å². The summed E-state index contributed by atoms with van der Waals surface area (Å²) in [4.78, 5) is 26.0. The highest BCUT2D eigenvalue weighted by atomic mass is 32.2. The fourth-order valence-electron chi connectivity index (χ4n) is 2.76. The van der Waals surface area contributed by atoms with Gasteiger partial charge in [0.05, 0.1) is 4.90 Å².